The van der Waals surface area contributed by atoms with Gasteiger partial charge in [0, 0.05) is 6.21 Å². The Labute approximate surface area is 153 Å². The summed E-state index contributed by atoms with van der Waals surface area (Å²) in [4.78, 5) is 11.9. The fourth-order valence-corrected chi connectivity index (χ4v) is 3.81. The Morgan fingerprint density at radius 3 is 2.35 bits per heavy atom. The van der Waals surface area contributed by atoms with Gasteiger partial charge < -0.3 is 4.74 Å². The van der Waals surface area contributed by atoms with Gasteiger partial charge in [0.25, 0.3) is 10.0 Å². The number of rotatable bonds is 5. The van der Waals surface area contributed by atoms with Crippen molar-refractivity contribution >= 4 is 33.5 Å². The van der Waals surface area contributed by atoms with Gasteiger partial charge >= 0.3 is 5.97 Å². The highest BCUT2D eigenvalue weighted by atomic mass is 32.2. The van der Waals surface area contributed by atoms with Crippen molar-refractivity contribution in [1.29, 1.82) is 0 Å². The molecule has 0 aliphatic heterocycles. The lowest BCUT2D eigenvalue weighted by atomic mass is 10.2. The molecule has 3 aromatic rings. The van der Waals surface area contributed by atoms with E-state index in [1.165, 1.54) is 48.7 Å². The average Bonchev–Trinajstić information content (AvgIpc) is 3.17. The standard InChI is InChI=1S/C18H12FNO4S2/c19-15-7-5-14(6-8-15)18(21)24-16-9-3-13(4-10-16)12-20-26(22,23)17-2-1-11-25-17/h1-12H/b20-12-. The van der Waals surface area contributed by atoms with Crippen molar-refractivity contribution in [3.63, 3.8) is 0 Å². The molecular formula is C18H12FNO4S2. The number of nitrogens with zero attached hydrogens (tertiary/aromatic N) is 1. The van der Waals surface area contributed by atoms with Crippen molar-refractivity contribution in [1.82, 2.24) is 0 Å². The molecule has 26 heavy (non-hydrogen) atoms. The normalized spacial score (nSPS) is 11.6. The zero-order valence-corrected chi connectivity index (χ0v) is 14.8. The van der Waals surface area contributed by atoms with Crippen LogP contribution in [-0.4, -0.2) is 20.6 Å². The summed E-state index contributed by atoms with van der Waals surface area (Å²) < 4.78 is 45.8. The number of carbonyl (C=O) groups excluding carboxylic acids is 1. The van der Waals surface area contributed by atoms with Crippen LogP contribution in [0.1, 0.15) is 15.9 Å². The molecule has 1 aromatic heterocycles. The van der Waals surface area contributed by atoms with Crippen LogP contribution in [0.4, 0.5) is 4.39 Å². The quantitative estimate of drug-likeness (QED) is 0.377. The van der Waals surface area contributed by atoms with Gasteiger partial charge in [-0.2, -0.15) is 12.8 Å². The Morgan fingerprint density at radius 1 is 1.04 bits per heavy atom. The maximum Gasteiger partial charge on any atom is 0.343 e. The Balaban J connectivity index is 1.68. The van der Waals surface area contributed by atoms with Crippen LogP contribution >= 0.6 is 11.3 Å². The Kier molecular flexibility index (Phi) is 5.24. The predicted octanol–water partition coefficient (Wildman–Crippen LogP) is 3.91. The second kappa shape index (κ2) is 7.59. The Hall–Kier alpha value is -2.84. The minimum Gasteiger partial charge on any atom is -0.423 e. The van der Waals surface area contributed by atoms with E-state index in [1.54, 1.807) is 23.6 Å². The first kappa shape index (κ1) is 18.0. The Morgan fingerprint density at radius 2 is 1.73 bits per heavy atom. The summed E-state index contributed by atoms with van der Waals surface area (Å²) in [5, 5.41) is 1.66. The monoisotopic (exact) mass is 389 g/mol. The summed E-state index contributed by atoms with van der Waals surface area (Å²) in [5.74, 6) is -0.785. The molecular weight excluding hydrogens is 377 g/mol. The molecule has 0 N–H and O–H groups in total. The molecule has 0 saturated heterocycles. The maximum atomic E-state index is 12.9. The molecule has 0 aliphatic rings. The number of benzene rings is 2. The molecule has 2 aromatic carbocycles. The summed E-state index contributed by atoms with van der Waals surface area (Å²) in [5.41, 5.74) is 0.755. The van der Waals surface area contributed by atoms with Gasteiger partial charge in [-0.1, -0.05) is 6.07 Å². The number of ether oxygens (including phenoxy) is 1. The van der Waals surface area contributed by atoms with Gasteiger partial charge in [-0.05, 0) is 65.5 Å². The zero-order valence-electron chi connectivity index (χ0n) is 13.2. The molecule has 0 unspecified atom stereocenters. The van der Waals surface area contributed by atoms with Gasteiger partial charge in [0.15, 0.2) is 0 Å². The molecule has 5 nitrogen and oxygen atoms in total. The third kappa shape index (κ3) is 4.41. The second-order valence-electron chi connectivity index (χ2n) is 5.11. The first-order valence-electron chi connectivity index (χ1n) is 7.36. The highest BCUT2D eigenvalue weighted by Gasteiger charge is 2.12. The van der Waals surface area contributed by atoms with Crippen LogP contribution in [0.15, 0.2) is 74.7 Å². The summed E-state index contributed by atoms with van der Waals surface area (Å²) in [6.45, 7) is 0. The molecule has 1 heterocycles. The van der Waals surface area contributed by atoms with Crippen LogP contribution < -0.4 is 4.74 Å². The molecule has 0 radical (unpaired) electrons. The molecule has 0 spiro atoms. The lowest BCUT2D eigenvalue weighted by molar-refractivity contribution is 0.0734. The van der Waals surface area contributed by atoms with E-state index in [1.807, 2.05) is 0 Å². The third-order valence-corrected chi connectivity index (χ3v) is 5.87. The van der Waals surface area contributed by atoms with Crippen molar-refractivity contribution in [3.05, 3.63) is 83.0 Å². The van der Waals surface area contributed by atoms with Gasteiger partial charge in [0.05, 0.1) is 5.56 Å². The van der Waals surface area contributed by atoms with E-state index >= 15 is 0 Å². The van der Waals surface area contributed by atoms with Gasteiger partial charge in [-0.25, -0.2) is 9.18 Å². The van der Waals surface area contributed by atoms with E-state index in [0.717, 1.165) is 11.3 Å². The van der Waals surface area contributed by atoms with Gasteiger partial charge in [0.2, 0.25) is 0 Å². The molecule has 0 aliphatic carbocycles. The summed E-state index contributed by atoms with van der Waals surface area (Å²) in [6.07, 6.45) is 1.22. The summed E-state index contributed by atoms with van der Waals surface area (Å²) in [7, 11) is -3.71. The first-order valence-corrected chi connectivity index (χ1v) is 9.68. The number of thiophene rings is 1. The van der Waals surface area contributed by atoms with Crippen molar-refractivity contribution in [3.8, 4) is 5.75 Å². The van der Waals surface area contributed by atoms with Crippen molar-refractivity contribution in [2.24, 2.45) is 4.40 Å². The van der Waals surface area contributed by atoms with Crippen LogP contribution in [0.5, 0.6) is 5.75 Å². The molecule has 0 saturated carbocycles. The maximum absolute atomic E-state index is 12.9. The van der Waals surface area contributed by atoms with E-state index in [4.69, 9.17) is 4.74 Å². The molecule has 8 heteroatoms. The van der Waals surface area contributed by atoms with Gasteiger partial charge in [-0.15, -0.1) is 11.3 Å². The fourth-order valence-electron chi connectivity index (χ4n) is 1.97. The number of hydrogen-bond donors (Lipinski definition) is 0. The molecule has 3 rings (SSSR count). The second-order valence-corrected chi connectivity index (χ2v) is 7.91. The van der Waals surface area contributed by atoms with Gasteiger partial charge in [-0.3, -0.25) is 0 Å². The fraction of sp³-hybridized carbons (Fsp3) is 0. The van der Waals surface area contributed by atoms with Crippen molar-refractivity contribution in [2.45, 2.75) is 4.21 Å². The average molecular weight is 389 g/mol. The number of halogens is 1. The lowest BCUT2D eigenvalue weighted by Gasteiger charge is -2.04. The third-order valence-electron chi connectivity index (χ3n) is 3.26. The zero-order chi connectivity index (χ0) is 18.6. The minimum absolute atomic E-state index is 0.165. The van der Waals surface area contributed by atoms with Crippen molar-refractivity contribution in [2.75, 3.05) is 0 Å². The molecule has 0 fully saturated rings. The highest BCUT2D eigenvalue weighted by Crippen LogP contribution is 2.19. The summed E-state index contributed by atoms with van der Waals surface area (Å²) >= 11 is 1.09. The van der Waals surface area contributed by atoms with Crippen LogP contribution in [0.3, 0.4) is 0 Å². The Bertz CT molecular complexity index is 1030. The van der Waals surface area contributed by atoms with Crippen molar-refractivity contribution < 1.29 is 22.3 Å². The van der Waals surface area contributed by atoms with Crippen LogP contribution in [0, 0.1) is 5.82 Å². The molecule has 0 atom stereocenters. The van der Waals surface area contributed by atoms with Crippen LogP contribution in [-0.2, 0) is 10.0 Å². The molecule has 0 amide bonds. The number of esters is 1. The van der Waals surface area contributed by atoms with E-state index in [9.17, 15) is 17.6 Å². The van der Waals surface area contributed by atoms with E-state index in [0.29, 0.717) is 5.56 Å². The summed E-state index contributed by atoms with van der Waals surface area (Å²) in [6, 6.07) is 14.3. The van der Waals surface area contributed by atoms with Crippen LogP contribution in [0.25, 0.3) is 0 Å². The first-order chi connectivity index (χ1) is 12.4. The largest absolute Gasteiger partial charge is 0.423 e. The number of hydrogen-bond acceptors (Lipinski definition) is 5. The molecule has 0 bridgehead atoms. The van der Waals surface area contributed by atoms with Crippen LogP contribution in [0.2, 0.25) is 0 Å². The SMILES string of the molecule is O=C(Oc1ccc(/C=N\S(=O)(=O)c2cccs2)cc1)c1ccc(F)cc1. The predicted molar refractivity (Wildman–Crippen MR) is 96.9 cm³/mol. The van der Waals surface area contributed by atoms with E-state index < -0.39 is 21.8 Å². The number of sulfonamides is 1. The smallest absolute Gasteiger partial charge is 0.343 e. The van der Waals surface area contributed by atoms with E-state index in [-0.39, 0.29) is 15.5 Å². The lowest BCUT2D eigenvalue weighted by Crippen LogP contribution is -2.08. The highest BCUT2D eigenvalue weighted by molar-refractivity contribution is 7.92. The van der Waals surface area contributed by atoms with Gasteiger partial charge in [0.1, 0.15) is 15.8 Å². The molecule has 132 valence electrons. The van der Waals surface area contributed by atoms with E-state index in [2.05, 4.69) is 4.40 Å². The number of carbonyl (C=O) groups is 1. The topological polar surface area (TPSA) is 72.8 Å². The minimum atomic E-state index is -3.71.